The molecule has 2 heteroatoms. The molecule has 0 heterocycles. The fourth-order valence-electron chi connectivity index (χ4n) is 1.59. The molecule has 0 aromatic carbocycles. The predicted molar refractivity (Wildman–Crippen MR) is 54.6 cm³/mol. The third kappa shape index (κ3) is 4.91. The zero-order chi connectivity index (χ0) is 10.3. The lowest BCUT2D eigenvalue weighted by atomic mass is 9.79. The number of ether oxygens (including phenoxy) is 1. The van der Waals surface area contributed by atoms with Gasteiger partial charge in [0.15, 0.2) is 0 Å². The number of esters is 1. The molecule has 0 N–H and O–H groups in total. The van der Waals surface area contributed by atoms with E-state index in [4.69, 9.17) is 0 Å². The molecule has 13 heavy (non-hydrogen) atoms. The Hall–Kier alpha value is -0.530. The van der Waals surface area contributed by atoms with Crippen LogP contribution in [0.15, 0.2) is 0 Å². The van der Waals surface area contributed by atoms with Crippen molar-refractivity contribution < 1.29 is 9.53 Å². The van der Waals surface area contributed by atoms with Gasteiger partial charge >= 0.3 is 5.97 Å². The first-order chi connectivity index (χ1) is 6.08. The van der Waals surface area contributed by atoms with Crippen molar-refractivity contribution in [3.05, 3.63) is 0 Å². The van der Waals surface area contributed by atoms with E-state index in [9.17, 15) is 4.79 Å². The Balaban J connectivity index is 3.89. The number of rotatable bonds is 6. The zero-order valence-electron chi connectivity index (χ0n) is 9.35. The van der Waals surface area contributed by atoms with E-state index in [-0.39, 0.29) is 5.97 Å². The van der Waals surface area contributed by atoms with Crippen molar-refractivity contribution in [2.24, 2.45) is 5.41 Å². The first-order valence-electron chi connectivity index (χ1n) is 5.14. The monoisotopic (exact) mass is 186 g/mol. The molecule has 0 spiro atoms. The van der Waals surface area contributed by atoms with E-state index >= 15 is 0 Å². The largest absolute Gasteiger partial charge is 0.469 e. The summed E-state index contributed by atoms with van der Waals surface area (Å²) in [6.45, 7) is 6.62. The van der Waals surface area contributed by atoms with Crippen molar-refractivity contribution in [1.82, 2.24) is 0 Å². The second-order valence-electron chi connectivity index (χ2n) is 3.99. The van der Waals surface area contributed by atoms with E-state index in [2.05, 4.69) is 25.5 Å². The molecule has 0 bridgehead atoms. The van der Waals surface area contributed by atoms with Gasteiger partial charge in [-0.3, -0.25) is 4.79 Å². The number of hydrogen-bond acceptors (Lipinski definition) is 2. The molecule has 0 aliphatic rings. The first-order valence-corrected chi connectivity index (χ1v) is 5.14. The molecule has 1 unspecified atom stereocenters. The smallest absolute Gasteiger partial charge is 0.305 e. The van der Waals surface area contributed by atoms with Crippen LogP contribution in [0.2, 0.25) is 0 Å². The van der Waals surface area contributed by atoms with E-state index in [0.717, 1.165) is 12.8 Å². The topological polar surface area (TPSA) is 26.3 Å². The van der Waals surface area contributed by atoms with E-state index in [1.807, 2.05) is 0 Å². The van der Waals surface area contributed by atoms with E-state index < -0.39 is 0 Å². The average molecular weight is 186 g/mol. The molecule has 0 saturated heterocycles. The quantitative estimate of drug-likeness (QED) is 0.596. The Labute approximate surface area is 81.7 Å². The van der Waals surface area contributed by atoms with Gasteiger partial charge in [-0.2, -0.15) is 0 Å². The molecule has 1 atom stereocenters. The summed E-state index contributed by atoms with van der Waals surface area (Å²) in [4.78, 5) is 11.0. The molecule has 0 aliphatic heterocycles. The van der Waals surface area contributed by atoms with Gasteiger partial charge in [-0.25, -0.2) is 0 Å². The maximum Gasteiger partial charge on any atom is 0.305 e. The molecule has 0 aromatic rings. The Morgan fingerprint density at radius 2 is 1.92 bits per heavy atom. The molecular formula is C11H22O2. The van der Waals surface area contributed by atoms with Crippen LogP contribution in [0.4, 0.5) is 0 Å². The SMILES string of the molecule is CCCC(C)(CC)CCC(=O)OC. The van der Waals surface area contributed by atoms with Crippen LogP contribution >= 0.6 is 0 Å². The van der Waals surface area contributed by atoms with Gasteiger partial charge in [0.05, 0.1) is 7.11 Å². The van der Waals surface area contributed by atoms with Gasteiger partial charge in [-0.1, -0.05) is 33.6 Å². The molecular weight excluding hydrogens is 164 g/mol. The minimum Gasteiger partial charge on any atom is -0.469 e. The Kier molecular flexibility index (Phi) is 5.76. The molecule has 0 rings (SSSR count). The first kappa shape index (κ1) is 12.5. The van der Waals surface area contributed by atoms with Gasteiger partial charge in [-0.05, 0) is 18.3 Å². The summed E-state index contributed by atoms with van der Waals surface area (Å²) in [6, 6.07) is 0. The van der Waals surface area contributed by atoms with Gasteiger partial charge in [0, 0.05) is 6.42 Å². The van der Waals surface area contributed by atoms with E-state index in [0.29, 0.717) is 11.8 Å². The Morgan fingerprint density at radius 1 is 1.31 bits per heavy atom. The predicted octanol–water partition coefficient (Wildman–Crippen LogP) is 3.16. The summed E-state index contributed by atoms with van der Waals surface area (Å²) in [5.74, 6) is -0.0872. The second kappa shape index (κ2) is 6.01. The molecule has 0 saturated carbocycles. The second-order valence-corrected chi connectivity index (χ2v) is 3.99. The summed E-state index contributed by atoms with van der Waals surface area (Å²) in [5, 5.41) is 0. The third-order valence-corrected chi connectivity index (χ3v) is 2.87. The lowest BCUT2D eigenvalue weighted by molar-refractivity contribution is -0.141. The van der Waals surface area contributed by atoms with E-state index in [1.165, 1.54) is 20.0 Å². The maximum atomic E-state index is 11.0. The number of carbonyl (C=O) groups is 1. The summed E-state index contributed by atoms with van der Waals surface area (Å²) >= 11 is 0. The van der Waals surface area contributed by atoms with Crippen molar-refractivity contribution >= 4 is 5.97 Å². The van der Waals surface area contributed by atoms with Crippen LogP contribution in [0.5, 0.6) is 0 Å². The minimum atomic E-state index is -0.0872. The highest BCUT2D eigenvalue weighted by Gasteiger charge is 2.21. The lowest BCUT2D eigenvalue weighted by Crippen LogP contribution is -2.17. The summed E-state index contributed by atoms with van der Waals surface area (Å²) in [6.07, 6.45) is 5.02. The maximum absolute atomic E-state index is 11.0. The summed E-state index contributed by atoms with van der Waals surface area (Å²) in [5.41, 5.74) is 0.322. The van der Waals surface area contributed by atoms with Gasteiger partial charge in [0.2, 0.25) is 0 Å². The van der Waals surface area contributed by atoms with Crippen LogP contribution in [-0.4, -0.2) is 13.1 Å². The highest BCUT2D eigenvalue weighted by atomic mass is 16.5. The van der Waals surface area contributed by atoms with Crippen LogP contribution < -0.4 is 0 Å². The van der Waals surface area contributed by atoms with Crippen LogP contribution in [0.3, 0.4) is 0 Å². The van der Waals surface area contributed by atoms with Crippen LogP contribution in [0.1, 0.15) is 52.9 Å². The molecule has 2 nitrogen and oxygen atoms in total. The van der Waals surface area contributed by atoms with Crippen molar-refractivity contribution in [1.29, 1.82) is 0 Å². The number of carbonyl (C=O) groups excluding carboxylic acids is 1. The normalized spacial score (nSPS) is 15.1. The third-order valence-electron chi connectivity index (χ3n) is 2.87. The average Bonchev–Trinajstić information content (AvgIpc) is 2.15. The molecule has 0 amide bonds. The highest BCUT2D eigenvalue weighted by molar-refractivity contribution is 5.69. The number of methoxy groups -OCH3 is 1. The van der Waals surface area contributed by atoms with Crippen LogP contribution in [-0.2, 0) is 9.53 Å². The summed E-state index contributed by atoms with van der Waals surface area (Å²) in [7, 11) is 1.45. The molecule has 0 aromatic heterocycles. The van der Waals surface area contributed by atoms with Crippen molar-refractivity contribution in [2.75, 3.05) is 7.11 Å². The fourth-order valence-corrected chi connectivity index (χ4v) is 1.59. The van der Waals surface area contributed by atoms with Gasteiger partial charge in [0.1, 0.15) is 0 Å². The van der Waals surface area contributed by atoms with Gasteiger partial charge < -0.3 is 4.74 Å². The Bertz CT molecular complexity index is 154. The van der Waals surface area contributed by atoms with Gasteiger partial charge in [0.25, 0.3) is 0 Å². The summed E-state index contributed by atoms with van der Waals surface area (Å²) < 4.78 is 4.63. The molecule has 0 radical (unpaired) electrons. The molecule has 0 aliphatic carbocycles. The fraction of sp³-hybridized carbons (Fsp3) is 0.909. The van der Waals surface area contributed by atoms with Crippen LogP contribution in [0, 0.1) is 5.41 Å². The molecule has 0 fully saturated rings. The van der Waals surface area contributed by atoms with E-state index in [1.54, 1.807) is 0 Å². The Morgan fingerprint density at radius 3 is 2.31 bits per heavy atom. The highest BCUT2D eigenvalue weighted by Crippen LogP contribution is 2.32. The zero-order valence-corrected chi connectivity index (χ0v) is 9.35. The minimum absolute atomic E-state index is 0.0872. The van der Waals surface area contributed by atoms with Crippen molar-refractivity contribution in [3.63, 3.8) is 0 Å². The van der Waals surface area contributed by atoms with Crippen molar-refractivity contribution in [3.8, 4) is 0 Å². The van der Waals surface area contributed by atoms with Crippen molar-refractivity contribution in [2.45, 2.75) is 52.9 Å². The molecule has 78 valence electrons. The standard InChI is InChI=1S/C11H22O2/c1-5-8-11(3,6-2)9-7-10(12)13-4/h5-9H2,1-4H3. The lowest BCUT2D eigenvalue weighted by Gasteiger charge is -2.27. The van der Waals surface area contributed by atoms with Crippen LogP contribution in [0.25, 0.3) is 0 Å². The number of hydrogen-bond donors (Lipinski definition) is 0. The van der Waals surface area contributed by atoms with Gasteiger partial charge in [-0.15, -0.1) is 0 Å².